The van der Waals surface area contributed by atoms with Crippen molar-refractivity contribution in [3.63, 3.8) is 0 Å². The molecule has 0 radical (unpaired) electrons. The largest absolute Gasteiger partial charge is 0.353 e. The maximum absolute atomic E-state index is 11.6. The van der Waals surface area contributed by atoms with Crippen LogP contribution in [0.3, 0.4) is 0 Å². The molecule has 0 aliphatic heterocycles. The smallest absolute Gasteiger partial charge is 0.334 e. The van der Waals surface area contributed by atoms with E-state index in [1.54, 1.807) is 24.3 Å². The SMILES string of the molecule is Cc1ccc(Nc2ncnc(Nc3ccc(Br)cc3)c2[N+](=O)[O-])cc1Cl. The van der Waals surface area contributed by atoms with Crippen LogP contribution in [0, 0.1) is 17.0 Å². The van der Waals surface area contributed by atoms with Crippen LogP contribution in [0.2, 0.25) is 5.02 Å². The zero-order valence-corrected chi connectivity index (χ0v) is 15.9. The Hall–Kier alpha value is -2.71. The first kappa shape index (κ1) is 18.1. The monoisotopic (exact) mass is 433 g/mol. The normalized spacial score (nSPS) is 10.4. The molecular weight excluding hydrogens is 422 g/mol. The van der Waals surface area contributed by atoms with Gasteiger partial charge in [0.25, 0.3) is 0 Å². The molecule has 0 atom stereocenters. The van der Waals surface area contributed by atoms with Gasteiger partial charge in [-0.3, -0.25) is 10.1 Å². The fourth-order valence-corrected chi connectivity index (χ4v) is 2.66. The molecule has 0 amide bonds. The molecule has 0 saturated heterocycles. The summed E-state index contributed by atoms with van der Waals surface area (Å²) in [6, 6.07) is 12.5. The lowest BCUT2D eigenvalue weighted by molar-refractivity contribution is -0.383. The van der Waals surface area contributed by atoms with Gasteiger partial charge < -0.3 is 10.6 Å². The van der Waals surface area contributed by atoms with E-state index in [2.05, 4.69) is 36.5 Å². The fourth-order valence-electron chi connectivity index (χ4n) is 2.21. The number of benzene rings is 2. The Labute approximate surface area is 162 Å². The molecule has 3 rings (SSSR count). The van der Waals surface area contributed by atoms with Crippen molar-refractivity contribution in [2.45, 2.75) is 6.92 Å². The summed E-state index contributed by atoms with van der Waals surface area (Å²) < 4.78 is 0.902. The minimum absolute atomic E-state index is 0.0736. The van der Waals surface area contributed by atoms with Crippen molar-refractivity contribution in [1.82, 2.24) is 9.97 Å². The van der Waals surface area contributed by atoms with Gasteiger partial charge in [0.2, 0.25) is 11.6 Å². The Morgan fingerprint density at radius 2 is 1.62 bits per heavy atom. The number of aromatic nitrogens is 2. The van der Waals surface area contributed by atoms with Crippen molar-refractivity contribution in [2.24, 2.45) is 0 Å². The highest BCUT2D eigenvalue weighted by Crippen LogP contribution is 2.33. The highest BCUT2D eigenvalue weighted by Gasteiger charge is 2.23. The quantitative estimate of drug-likeness (QED) is 0.401. The predicted molar refractivity (Wildman–Crippen MR) is 106 cm³/mol. The van der Waals surface area contributed by atoms with E-state index in [-0.39, 0.29) is 17.3 Å². The van der Waals surface area contributed by atoms with E-state index in [1.807, 2.05) is 25.1 Å². The van der Waals surface area contributed by atoms with Crippen LogP contribution in [0.25, 0.3) is 0 Å². The van der Waals surface area contributed by atoms with Crippen LogP contribution in [-0.4, -0.2) is 14.9 Å². The zero-order chi connectivity index (χ0) is 18.7. The van der Waals surface area contributed by atoms with Gasteiger partial charge in [-0.1, -0.05) is 33.6 Å². The Morgan fingerprint density at radius 1 is 1.04 bits per heavy atom. The second kappa shape index (κ2) is 7.67. The van der Waals surface area contributed by atoms with Gasteiger partial charge in [-0.15, -0.1) is 0 Å². The van der Waals surface area contributed by atoms with Crippen molar-refractivity contribution in [3.8, 4) is 0 Å². The van der Waals surface area contributed by atoms with Crippen molar-refractivity contribution in [1.29, 1.82) is 0 Å². The summed E-state index contributed by atoms with van der Waals surface area (Å²) in [5.41, 5.74) is 1.91. The van der Waals surface area contributed by atoms with Crippen molar-refractivity contribution in [3.05, 3.63) is 74.0 Å². The zero-order valence-electron chi connectivity index (χ0n) is 13.5. The molecule has 9 heteroatoms. The Morgan fingerprint density at radius 3 is 2.19 bits per heavy atom. The Balaban J connectivity index is 1.96. The van der Waals surface area contributed by atoms with Crippen LogP contribution in [0.1, 0.15) is 5.56 Å². The van der Waals surface area contributed by atoms with E-state index in [0.717, 1.165) is 10.0 Å². The summed E-state index contributed by atoms with van der Waals surface area (Å²) in [4.78, 5) is 19.1. The van der Waals surface area contributed by atoms with Crippen LogP contribution in [0.5, 0.6) is 0 Å². The standard InChI is InChI=1S/C17H13BrClN5O2/c1-10-2-5-13(8-14(10)19)23-17-15(24(25)26)16(20-9-21-17)22-12-6-3-11(18)4-7-12/h2-9H,1H3,(H2,20,21,22,23). The second-order valence-electron chi connectivity index (χ2n) is 5.40. The first-order valence-corrected chi connectivity index (χ1v) is 8.66. The summed E-state index contributed by atoms with van der Waals surface area (Å²) in [5, 5.41) is 18.0. The lowest BCUT2D eigenvalue weighted by atomic mass is 10.2. The van der Waals surface area contributed by atoms with Crippen LogP contribution in [-0.2, 0) is 0 Å². The number of hydrogen-bond donors (Lipinski definition) is 2. The molecule has 1 heterocycles. The summed E-state index contributed by atoms with van der Waals surface area (Å²) >= 11 is 9.46. The van der Waals surface area contributed by atoms with Gasteiger partial charge in [-0.2, -0.15) is 0 Å². The molecule has 132 valence electrons. The number of nitrogens with zero attached hydrogens (tertiary/aromatic N) is 3. The number of hydrogen-bond acceptors (Lipinski definition) is 6. The first-order valence-electron chi connectivity index (χ1n) is 7.49. The van der Waals surface area contributed by atoms with Gasteiger partial charge in [-0.25, -0.2) is 9.97 Å². The van der Waals surface area contributed by atoms with Crippen LogP contribution >= 0.6 is 27.5 Å². The van der Waals surface area contributed by atoms with Gasteiger partial charge in [-0.05, 0) is 48.9 Å². The molecule has 7 nitrogen and oxygen atoms in total. The van der Waals surface area contributed by atoms with E-state index in [1.165, 1.54) is 6.33 Å². The average Bonchev–Trinajstić information content (AvgIpc) is 2.60. The second-order valence-corrected chi connectivity index (χ2v) is 6.72. The van der Waals surface area contributed by atoms with E-state index in [0.29, 0.717) is 16.4 Å². The van der Waals surface area contributed by atoms with Gasteiger partial charge in [0.1, 0.15) is 6.33 Å². The molecule has 3 aromatic rings. The number of nitrogens with one attached hydrogen (secondary N) is 2. The molecule has 0 aliphatic rings. The average molecular weight is 435 g/mol. The van der Waals surface area contributed by atoms with E-state index >= 15 is 0 Å². The van der Waals surface area contributed by atoms with Gasteiger partial charge in [0.05, 0.1) is 4.92 Å². The lowest BCUT2D eigenvalue weighted by Gasteiger charge is -2.11. The Kier molecular flexibility index (Phi) is 5.34. The lowest BCUT2D eigenvalue weighted by Crippen LogP contribution is -2.05. The van der Waals surface area contributed by atoms with E-state index in [4.69, 9.17) is 11.6 Å². The summed E-state index contributed by atoms with van der Waals surface area (Å²) in [6.07, 6.45) is 1.26. The van der Waals surface area contributed by atoms with Crippen LogP contribution in [0.4, 0.5) is 28.7 Å². The van der Waals surface area contributed by atoms with Crippen LogP contribution < -0.4 is 10.6 Å². The highest BCUT2D eigenvalue weighted by molar-refractivity contribution is 9.10. The molecule has 0 bridgehead atoms. The van der Waals surface area contributed by atoms with E-state index < -0.39 is 4.92 Å². The van der Waals surface area contributed by atoms with Gasteiger partial charge in [0, 0.05) is 20.9 Å². The molecular formula is C17H13BrClN5O2. The Bertz CT molecular complexity index is 966. The number of halogens is 2. The minimum atomic E-state index is -0.528. The van der Waals surface area contributed by atoms with Gasteiger partial charge in [0.15, 0.2) is 0 Å². The van der Waals surface area contributed by atoms with Crippen molar-refractivity contribution < 1.29 is 4.92 Å². The number of anilines is 4. The molecule has 0 unspecified atom stereocenters. The first-order chi connectivity index (χ1) is 12.4. The maximum atomic E-state index is 11.6. The summed E-state index contributed by atoms with van der Waals surface area (Å²) in [5.74, 6) is 0.164. The topological polar surface area (TPSA) is 93.0 Å². The van der Waals surface area contributed by atoms with Crippen molar-refractivity contribution in [2.75, 3.05) is 10.6 Å². The van der Waals surface area contributed by atoms with E-state index in [9.17, 15) is 10.1 Å². The van der Waals surface area contributed by atoms with Crippen molar-refractivity contribution >= 4 is 56.2 Å². The molecule has 1 aromatic heterocycles. The molecule has 26 heavy (non-hydrogen) atoms. The number of rotatable bonds is 5. The number of aryl methyl sites for hydroxylation is 1. The molecule has 0 aliphatic carbocycles. The molecule has 0 saturated carbocycles. The predicted octanol–water partition coefficient (Wildman–Crippen LogP) is 5.60. The fraction of sp³-hybridized carbons (Fsp3) is 0.0588. The highest BCUT2D eigenvalue weighted by atomic mass is 79.9. The maximum Gasteiger partial charge on any atom is 0.353 e. The van der Waals surface area contributed by atoms with Crippen LogP contribution in [0.15, 0.2) is 53.3 Å². The third-order valence-corrected chi connectivity index (χ3v) is 4.48. The summed E-state index contributed by atoms with van der Waals surface area (Å²) in [6.45, 7) is 1.87. The molecule has 2 N–H and O–H groups in total. The number of nitro groups is 1. The minimum Gasteiger partial charge on any atom is -0.334 e. The third kappa shape index (κ3) is 4.09. The molecule has 0 fully saturated rings. The summed E-state index contributed by atoms with van der Waals surface area (Å²) in [7, 11) is 0. The third-order valence-electron chi connectivity index (χ3n) is 3.55. The van der Waals surface area contributed by atoms with Gasteiger partial charge >= 0.3 is 5.69 Å². The molecule has 2 aromatic carbocycles. The molecule has 0 spiro atoms.